The first kappa shape index (κ1) is 36.1. The first-order valence-corrected chi connectivity index (χ1v) is 18.3. The van der Waals surface area contributed by atoms with Crippen molar-refractivity contribution < 1.29 is 27.6 Å². The smallest absolute Gasteiger partial charge is 0.320 e. The van der Waals surface area contributed by atoms with E-state index in [1.165, 1.54) is 30.3 Å². The second-order valence-electron chi connectivity index (χ2n) is 14.6. The zero-order chi connectivity index (χ0) is 37.3. The molecule has 11 heteroatoms. The lowest BCUT2D eigenvalue weighted by atomic mass is 9.65. The number of likely N-dealkylation sites (tertiary alicyclic amines) is 1. The van der Waals surface area contributed by atoms with Gasteiger partial charge in [0.25, 0.3) is 5.91 Å². The van der Waals surface area contributed by atoms with E-state index in [9.17, 15) is 23.2 Å². The van der Waals surface area contributed by atoms with Gasteiger partial charge >= 0.3 is 6.03 Å². The van der Waals surface area contributed by atoms with E-state index in [2.05, 4.69) is 10.2 Å². The summed E-state index contributed by atoms with van der Waals surface area (Å²) in [5.74, 6) is -2.94. The number of piperazine rings is 1. The van der Waals surface area contributed by atoms with Crippen LogP contribution in [0.25, 0.3) is 0 Å². The van der Waals surface area contributed by atoms with Crippen molar-refractivity contribution in [1.29, 1.82) is 0 Å². The first-order chi connectivity index (χ1) is 25.6. The Labute approximate surface area is 307 Å². The van der Waals surface area contributed by atoms with Crippen LogP contribution in [-0.4, -0.2) is 66.4 Å². The van der Waals surface area contributed by atoms with Gasteiger partial charge in [-0.2, -0.15) is 0 Å². The molecule has 7 rings (SSSR count). The number of piperidine rings is 1. The summed E-state index contributed by atoms with van der Waals surface area (Å²) >= 11 is 0. The summed E-state index contributed by atoms with van der Waals surface area (Å²) < 4.78 is 42.8. The molecule has 1 aliphatic carbocycles. The number of rotatable bonds is 9. The number of urea groups is 1. The van der Waals surface area contributed by atoms with Gasteiger partial charge in [0.1, 0.15) is 17.5 Å². The number of hydrogen-bond donors (Lipinski definition) is 2. The van der Waals surface area contributed by atoms with Crippen molar-refractivity contribution in [3.8, 4) is 0 Å². The molecular formula is C42H44F3N5O3. The molecule has 4 aromatic rings. The molecule has 4 atom stereocenters. The van der Waals surface area contributed by atoms with Crippen LogP contribution in [0.4, 0.5) is 23.7 Å². The lowest BCUT2D eigenvalue weighted by Crippen LogP contribution is -2.62. The van der Waals surface area contributed by atoms with Gasteiger partial charge in [0.2, 0.25) is 5.91 Å². The number of amides is 4. The van der Waals surface area contributed by atoms with Crippen molar-refractivity contribution >= 4 is 23.5 Å². The third-order valence-corrected chi connectivity index (χ3v) is 11.4. The molecule has 276 valence electrons. The predicted molar refractivity (Wildman–Crippen MR) is 197 cm³/mol. The summed E-state index contributed by atoms with van der Waals surface area (Å²) in [4.78, 5) is 48.1. The van der Waals surface area contributed by atoms with Crippen LogP contribution in [0.1, 0.15) is 71.6 Å². The van der Waals surface area contributed by atoms with E-state index in [-0.39, 0.29) is 48.0 Å². The third kappa shape index (κ3) is 7.34. The van der Waals surface area contributed by atoms with Crippen LogP contribution in [0.2, 0.25) is 0 Å². The zero-order valence-electron chi connectivity index (χ0n) is 29.7. The second kappa shape index (κ2) is 15.0. The monoisotopic (exact) mass is 723 g/mol. The average Bonchev–Trinajstić information content (AvgIpc) is 4.01. The molecule has 3 fully saturated rings. The molecule has 0 spiro atoms. The summed E-state index contributed by atoms with van der Waals surface area (Å²) in [5.41, 5.74) is 7.40. The maximum absolute atomic E-state index is 15.4. The minimum absolute atomic E-state index is 0.0401. The van der Waals surface area contributed by atoms with Crippen LogP contribution in [-0.2, 0) is 10.2 Å². The van der Waals surface area contributed by atoms with Crippen LogP contribution in [0.15, 0.2) is 97.1 Å². The molecule has 4 aromatic carbocycles. The quantitative estimate of drug-likeness (QED) is 0.196. The molecule has 4 amide bonds. The van der Waals surface area contributed by atoms with Crippen molar-refractivity contribution in [2.75, 3.05) is 37.6 Å². The summed E-state index contributed by atoms with van der Waals surface area (Å²) in [7, 11) is 0. The molecule has 3 N–H and O–H groups in total. The van der Waals surface area contributed by atoms with Crippen molar-refractivity contribution in [2.24, 2.45) is 11.7 Å². The van der Waals surface area contributed by atoms with E-state index in [1.807, 2.05) is 47.1 Å². The molecule has 0 bridgehead atoms. The maximum atomic E-state index is 15.4. The Bertz CT molecular complexity index is 1950. The average molecular weight is 724 g/mol. The highest BCUT2D eigenvalue weighted by molar-refractivity contribution is 5.95. The van der Waals surface area contributed by atoms with E-state index in [0.29, 0.717) is 38.2 Å². The van der Waals surface area contributed by atoms with Gasteiger partial charge in [-0.25, -0.2) is 18.0 Å². The number of benzene rings is 4. The fourth-order valence-electron chi connectivity index (χ4n) is 8.43. The van der Waals surface area contributed by atoms with Gasteiger partial charge in [0.15, 0.2) is 0 Å². The van der Waals surface area contributed by atoms with Crippen molar-refractivity contribution in [3.63, 3.8) is 0 Å². The minimum Gasteiger partial charge on any atom is -0.368 e. The summed E-state index contributed by atoms with van der Waals surface area (Å²) in [5, 5.41) is 3.20. The Hall–Kier alpha value is -5.32. The standard InChI is InChI=1S/C42H44F3N5O3/c1-27(28-12-14-31(43)15-13-28)47-40(52)42(30-6-3-2-4-7-30)20-21-50(41(53)49-24-22-48(23-25-49)33-18-16-32(44)17-19-33)36(26-42)37(29-10-11-29)34-8-5-9-35(45)38(34)39(46)51/h2-9,12-19,27,29,36-37H,10-11,20-26H2,1H3,(H2,46,51)(H,47,52)/t27-,36?,37-,42?/m0/s1. The van der Waals surface area contributed by atoms with Gasteiger partial charge < -0.3 is 25.8 Å². The number of primary amides is 1. The van der Waals surface area contributed by atoms with Crippen molar-refractivity contribution in [2.45, 2.75) is 56.0 Å². The molecule has 0 aromatic heterocycles. The van der Waals surface area contributed by atoms with Gasteiger partial charge in [0.05, 0.1) is 17.0 Å². The van der Waals surface area contributed by atoms with Gasteiger partial charge in [-0.05, 0) is 97.7 Å². The Balaban J connectivity index is 1.26. The largest absolute Gasteiger partial charge is 0.368 e. The van der Waals surface area contributed by atoms with E-state index >= 15 is 4.39 Å². The van der Waals surface area contributed by atoms with Crippen LogP contribution >= 0.6 is 0 Å². The van der Waals surface area contributed by atoms with Crippen LogP contribution in [0.5, 0.6) is 0 Å². The fraction of sp³-hybridized carbons (Fsp3) is 0.357. The summed E-state index contributed by atoms with van der Waals surface area (Å²) in [6, 6.07) is 25.1. The third-order valence-electron chi connectivity index (χ3n) is 11.4. The molecule has 53 heavy (non-hydrogen) atoms. The molecule has 2 unspecified atom stereocenters. The molecule has 2 aliphatic heterocycles. The van der Waals surface area contributed by atoms with Crippen LogP contribution < -0.4 is 16.0 Å². The molecule has 2 saturated heterocycles. The van der Waals surface area contributed by atoms with Crippen LogP contribution in [0.3, 0.4) is 0 Å². The van der Waals surface area contributed by atoms with E-state index in [1.54, 1.807) is 36.4 Å². The van der Waals surface area contributed by atoms with Crippen molar-refractivity contribution in [3.05, 3.63) is 137 Å². The Kier molecular flexibility index (Phi) is 10.2. The molecule has 0 radical (unpaired) electrons. The number of nitrogens with zero attached hydrogens (tertiary/aromatic N) is 3. The number of nitrogens with two attached hydrogens (primary N) is 1. The highest BCUT2D eigenvalue weighted by atomic mass is 19.1. The number of anilines is 1. The first-order valence-electron chi connectivity index (χ1n) is 18.3. The fourth-order valence-corrected chi connectivity index (χ4v) is 8.43. The summed E-state index contributed by atoms with van der Waals surface area (Å²) in [6.45, 7) is 4.05. The molecule has 2 heterocycles. The topological polar surface area (TPSA) is 99.0 Å². The molecule has 1 saturated carbocycles. The van der Waals surface area contributed by atoms with Crippen molar-refractivity contribution in [1.82, 2.24) is 15.1 Å². The maximum Gasteiger partial charge on any atom is 0.320 e. The highest BCUT2D eigenvalue weighted by Gasteiger charge is 2.53. The lowest BCUT2D eigenvalue weighted by Gasteiger charge is -2.51. The molecule has 8 nitrogen and oxygen atoms in total. The second-order valence-corrected chi connectivity index (χ2v) is 14.6. The van der Waals surface area contributed by atoms with Gasteiger partial charge in [-0.3, -0.25) is 9.59 Å². The molecular weight excluding hydrogens is 679 g/mol. The molecule has 3 aliphatic rings. The SMILES string of the molecule is C[C@H](NC(=O)C1(c2ccccc2)CCN(C(=O)N2CCN(c3ccc(F)cc3)CC2)C([C@H](c2cccc(F)c2C(N)=O)C2CC2)C1)c1ccc(F)cc1. The number of nitrogens with one attached hydrogen (secondary N) is 1. The van der Waals surface area contributed by atoms with Gasteiger partial charge in [-0.1, -0.05) is 54.6 Å². The zero-order valence-corrected chi connectivity index (χ0v) is 29.7. The van der Waals surface area contributed by atoms with Crippen LogP contribution in [0, 0.1) is 23.4 Å². The minimum atomic E-state index is -1.09. The highest BCUT2D eigenvalue weighted by Crippen LogP contribution is 2.52. The predicted octanol–water partition coefficient (Wildman–Crippen LogP) is 6.92. The number of hydrogen-bond acceptors (Lipinski definition) is 4. The van der Waals surface area contributed by atoms with E-state index < -0.39 is 35.1 Å². The lowest BCUT2D eigenvalue weighted by molar-refractivity contribution is -0.130. The van der Waals surface area contributed by atoms with E-state index in [0.717, 1.165) is 29.7 Å². The van der Waals surface area contributed by atoms with Gasteiger partial charge in [0, 0.05) is 50.4 Å². The Morgan fingerprint density at radius 1 is 0.792 bits per heavy atom. The summed E-state index contributed by atoms with van der Waals surface area (Å²) in [6.07, 6.45) is 2.18. The number of carbonyl (C=O) groups excluding carboxylic acids is 3. The number of carbonyl (C=O) groups is 3. The number of halogens is 3. The Morgan fingerprint density at radius 2 is 1.43 bits per heavy atom. The Morgan fingerprint density at radius 3 is 2.06 bits per heavy atom. The van der Waals surface area contributed by atoms with E-state index in [4.69, 9.17) is 5.73 Å². The normalized spacial score (nSPS) is 21.5. The van der Waals surface area contributed by atoms with Gasteiger partial charge in [-0.15, -0.1) is 0 Å².